The van der Waals surface area contributed by atoms with Gasteiger partial charge in [-0.05, 0) is 96.0 Å². The lowest BCUT2D eigenvalue weighted by Gasteiger charge is -2.30. The van der Waals surface area contributed by atoms with E-state index in [-0.39, 0.29) is 24.9 Å². The molecule has 0 saturated carbocycles. The number of hydrogen-bond acceptors (Lipinski definition) is 7. The molecule has 3 atom stereocenters. The van der Waals surface area contributed by atoms with Gasteiger partial charge in [-0.3, -0.25) is 14.2 Å². The molecule has 10 heteroatoms. The van der Waals surface area contributed by atoms with Crippen LogP contribution in [0.2, 0.25) is 0 Å². The average molecular weight is 1070 g/mol. The number of phosphoric acid groups is 1. The first-order valence-corrected chi connectivity index (χ1v) is 32.7. The van der Waals surface area contributed by atoms with Gasteiger partial charge in [-0.15, -0.1) is 0 Å². The van der Waals surface area contributed by atoms with Crippen LogP contribution in [0.15, 0.2) is 72.9 Å². The molecule has 0 aliphatic rings. The average Bonchev–Trinajstić information content (AvgIpc) is 3.37. The number of amides is 1. The van der Waals surface area contributed by atoms with Gasteiger partial charge in [0.25, 0.3) is 7.82 Å². The smallest absolute Gasteiger partial charge is 0.306 e. The summed E-state index contributed by atoms with van der Waals surface area (Å²) in [5.41, 5.74) is 0. The summed E-state index contributed by atoms with van der Waals surface area (Å²) in [5.74, 6) is -0.557. The van der Waals surface area contributed by atoms with E-state index in [2.05, 4.69) is 86.8 Å². The molecule has 3 unspecified atom stereocenters. The van der Waals surface area contributed by atoms with E-state index >= 15 is 0 Å². The maximum atomic E-state index is 13.5. The molecule has 0 aliphatic carbocycles. The normalized spacial score (nSPS) is 14.2. The molecule has 0 rings (SSSR count). The summed E-state index contributed by atoms with van der Waals surface area (Å²) in [4.78, 5) is 39.9. The largest absolute Gasteiger partial charge is 0.756 e. The number of phosphoric ester groups is 1. The molecule has 0 aromatic rings. The van der Waals surface area contributed by atoms with Crippen molar-refractivity contribution in [1.82, 2.24) is 5.32 Å². The van der Waals surface area contributed by atoms with Gasteiger partial charge in [-0.2, -0.15) is 0 Å². The zero-order valence-corrected chi connectivity index (χ0v) is 50.6. The lowest BCUT2D eigenvalue weighted by molar-refractivity contribution is -0.870. The maximum Gasteiger partial charge on any atom is 0.306 e. The van der Waals surface area contributed by atoms with Crippen molar-refractivity contribution in [3.8, 4) is 0 Å². The van der Waals surface area contributed by atoms with Crippen molar-refractivity contribution >= 4 is 19.7 Å². The van der Waals surface area contributed by atoms with Crippen molar-refractivity contribution in [2.75, 3.05) is 40.9 Å². The van der Waals surface area contributed by atoms with Gasteiger partial charge in [0.15, 0.2) is 0 Å². The molecule has 75 heavy (non-hydrogen) atoms. The minimum atomic E-state index is -4.70. The number of allylic oxidation sites excluding steroid dienone is 11. The number of likely N-dealkylation sites (N-methyl/N-ethyl adjacent to an activating group) is 1. The molecule has 0 saturated heterocycles. The Morgan fingerprint density at radius 3 is 1.29 bits per heavy atom. The molecule has 436 valence electrons. The molecule has 1 N–H and O–H groups in total. The molecule has 0 heterocycles. The van der Waals surface area contributed by atoms with E-state index in [4.69, 9.17) is 13.8 Å². The molecule has 0 radical (unpaired) electrons. The Bertz CT molecular complexity index is 1510. The number of carbonyl (C=O) groups is 2. The van der Waals surface area contributed by atoms with E-state index in [1.807, 2.05) is 33.3 Å². The highest BCUT2D eigenvalue weighted by Gasteiger charge is 2.27. The number of rotatable bonds is 56. The zero-order chi connectivity index (χ0) is 55.0. The molecular weight excluding hydrogens is 952 g/mol. The summed E-state index contributed by atoms with van der Waals surface area (Å²) < 4.78 is 30.3. The molecule has 0 bridgehead atoms. The van der Waals surface area contributed by atoms with Gasteiger partial charge in [0.05, 0.1) is 33.8 Å². The lowest BCUT2D eigenvalue weighted by atomic mass is 10.0. The Morgan fingerprint density at radius 1 is 0.467 bits per heavy atom. The molecule has 9 nitrogen and oxygen atoms in total. The van der Waals surface area contributed by atoms with Crippen LogP contribution in [0.5, 0.6) is 0 Å². The van der Waals surface area contributed by atoms with Crippen molar-refractivity contribution in [3.63, 3.8) is 0 Å². The molecule has 0 aromatic heterocycles. The summed E-state index contributed by atoms with van der Waals surface area (Å²) >= 11 is 0. The number of esters is 1. The van der Waals surface area contributed by atoms with E-state index in [0.29, 0.717) is 17.4 Å². The van der Waals surface area contributed by atoms with E-state index in [1.54, 1.807) is 0 Å². The Hall–Kier alpha value is -2.55. The number of nitrogens with one attached hydrogen (secondary N) is 1. The Balaban J connectivity index is 5.14. The standard InChI is InChI=1S/C65H119N2O7P/c1-7-10-13-16-19-22-25-27-28-29-30-31-32-33-34-35-36-37-38-40-43-45-48-51-54-57-64(68)66-62(61-73-75(70,71)72-60-59-67(4,5)6)63(56-53-50-47-44-42-39-26-23-20-17-14-11-8-2)74-65(69)58-55-52-49-46-41-24-21-18-15-12-9-3/h18-19,21-22,27-28,30-31,33-34,53,56,62-63H,7-17,20,23-26,29,32,35-52,54-55,57-61H2,1-6H3,(H-,66,68,70,71)/b21-18-,22-19-,28-27-,31-30-,34-33-,56-53+. The lowest BCUT2D eigenvalue weighted by Crippen LogP contribution is -2.47. The SMILES string of the molecule is CCCC/C=C\CCCCCCCC(=O)OC(/C=C/CCCCCCCCCCCCC)C(COP(=O)([O-])OCC[N+](C)(C)C)NC(=O)CCCCCCCCCCC/C=C\C/C=C\C/C=C\C/C=C\CCCCC. The van der Waals surface area contributed by atoms with Gasteiger partial charge in [-0.1, -0.05) is 242 Å². The predicted octanol–water partition coefficient (Wildman–Crippen LogP) is 18.6. The van der Waals surface area contributed by atoms with Crippen LogP contribution in [0.25, 0.3) is 0 Å². The fourth-order valence-corrected chi connectivity index (χ4v) is 9.44. The van der Waals surface area contributed by atoms with Crippen LogP contribution in [-0.4, -0.2) is 69.4 Å². The monoisotopic (exact) mass is 1070 g/mol. The highest BCUT2D eigenvalue weighted by atomic mass is 31.2. The van der Waals surface area contributed by atoms with Crippen molar-refractivity contribution in [2.24, 2.45) is 0 Å². The first kappa shape index (κ1) is 72.5. The molecule has 1 amide bonds. The highest BCUT2D eigenvalue weighted by Crippen LogP contribution is 2.38. The third kappa shape index (κ3) is 56.0. The molecular formula is C65H119N2O7P. The Morgan fingerprint density at radius 2 is 0.827 bits per heavy atom. The van der Waals surface area contributed by atoms with Crippen LogP contribution in [-0.2, 0) is 27.9 Å². The van der Waals surface area contributed by atoms with Crippen LogP contribution in [0.4, 0.5) is 0 Å². The van der Waals surface area contributed by atoms with Crippen LogP contribution in [0.3, 0.4) is 0 Å². The van der Waals surface area contributed by atoms with Crippen molar-refractivity contribution in [1.29, 1.82) is 0 Å². The Kier molecular flexibility index (Phi) is 52.9. The number of unbranched alkanes of at least 4 members (excludes halogenated alkanes) is 30. The maximum absolute atomic E-state index is 13.5. The highest BCUT2D eigenvalue weighted by molar-refractivity contribution is 7.45. The topological polar surface area (TPSA) is 114 Å². The zero-order valence-electron chi connectivity index (χ0n) is 49.7. The van der Waals surface area contributed by atoms with E-state index in [0.717, 1.165) is 116 Å². The summed E-state index contributed by atoms with van der Waals surface area (Å²) in [6.07, 6.45) is 70.1. The van der Waals surface area contributed by atoms with Gasteiger partial charge >= 0.3 is 5.97 Å². The molecule has 0 aromatic carbocycles. The summed E-state index contributed by atoms with van der Waals surface area (Å²) in [5, 5.41) is 3.02. The van der Waals surface area contributed by atoms with E-state index in [9.17, 15) is 19.0 Å². The number of hydrogen-bond donors (Lipinski definition) is 1. The van der Waals surface area contributed by atoms with Gasteiger partial charge in [0.1, 0.15) is 19.3 Å². The van der Waals surface area contributed by atoms with E-state index < -0.39 is 26.6 Å². The van der Waals surface area contributed by atoms with Gasteiger partial charge in [0.2, 0.25) is 5.91 Å². The summed E-state index contributed by atoms with van der Waals surface area (Å²) in [7, 11) is 1.17. The van der Waals surface area contributed by atoms with Crippen LogP contribution in [0.1, 0.15) is 278 Å². The molecule has 0 aliphatic heterocycles. The van der Waals surface area contributed by atoms with Gasteiger partial charge in [-0.25, -0.2) is 0 Å². The van der Waals surface area contributed by atoms with Crippen molar-refractivity contribution < 1.29 is 37.3 Å². The van der Waals surface area contributed by atoms with Crippen LogP contribution >= 0.6 is 7.82 Å². The quantitative estimate of drug-likeness (QED) is 0.0212. The van der Waals surface area contributed by atoms with Crippen molar-refractivity contribution in [3.05, 3.63) is 72.9 Å². The fourth-order valence-electron chi connectivity index (χ4n) is 8.72. The minimum Gasteiger partial charge on any atom is -0.756 e. The number of quaternary nitrogens is 1. The van der Waals surface area contributed by atoms with Crippen LogP contribution in [0, 0.1) is 0 Å². The second-order valence-electron chi connectivity index (χ2n) is 22.2. The second kappa shape index (κ2) is 54.8. The van der Waals surface area contributed by atoms with Crippen molar-refractivity contribution in [2.45, 2.75) is 290 Å². The van der Waals surface area contributed by atoms with Gasteiger partial charge in [0, 0.05) is 12.8 Å². The first-order chi connectivity index (χ1) is 36.4. The number of ether oxygens (including phenoxy) is 1. The Labute approximate surface area is 463 Å². The first-order valence-electron chi connectivity index (χ1n) is 31.2. The summed E-state index contributed by atoms with van der Waals surface area (Å²) in [6.45, 7) is 6.77. The van der Waals surface area contributed by atoms with Crippen LogP contribution < -0.4 is 10.2 Å². The minimum absolute atomic E-state index is 0.0268. The number of carbonyl (C=O) groups excluding carboxylic acids is 2. The third-order valence-corrected chi connectivity index (χ3v) is 14.6. The van der Waals surface area contributed by atoms with Gasteiger partial charge < -0.3 is 28.5 Å². The predicted molar refractivity (Wildman–Crippen MR) is 321 cm³/mol. The molecule has 0 fully saturated rings. The molecule has 0 spiro atoms. The second-order valence-corrected chi connectivity index (χ2v) is 23.6. The van der Waals surface area contributed by atoms with E-state index in [1.165, 1.54) is 128 Å². The fraction of sp³-hybridized carbons (Fsp3) is 0.785. The summed E-state index contributed by atoms with van der Waals surface area (Å²) in [6, 6.07) is -0.896. The third-order valence-electron chi connectivity index (χ3n) is 13.6. The number of nitrogens with zero attached hydrogens (tertiary/aromatic N) is 1.